The average molecular weight is 410 g/mol. The van der Waals surface area contributed by atoms with Crippen LogP contribution in [0.25, 0.3) is 0 Å². The summed E-state index contributed by atoms with van der Waals surface area (Å²) in [4.78, 5) is 15.6. The highest BCUT2D eigenvalue weighted by atomic mass is 32.1. The summed E-state index contributed by atoms with van der Waals surface area (Å²) < 4.78 is 0. The zero-order valence-corrected chi connectivity index (χ0v) is 17.7. The third-order valence-electron chi connectivity index (χ3n) is 5.82. The molecule has 5 N–H and O–H groups in total. The van der Waals surface area contributed by atoms with E-state index in [1.807, 2.05) is 44.2 Å². The van der Waals surface area contributed by atoms with E-state index in [9.17, 15) is 4.79 Å². The second kappa shape index (κ2) is 7.74. The summed E-state index contributed by atoms with van der Waals surface area (Å²) in [6, 6.07) is 14.5. The van der Waals surface area contributed by atoms with E-state index in [0.29, 0.717) is 4.99 Å². The molecule has 4 atom stereocenters. The van der Waals surface area contributed by atoms with Gasteiger partial charge in [0.05, 0.1) is 11.2 Å². The number of carbonyl (C=O) groups is 1. The zero-order chi connectivity index (χ0) is 20.7. The van der Waals surface area contributed by atoms with Crippen molar-refractivity contribution in [3.63, 3.8) is 0 Å². The molecule has 7 heteroatoms. The molecule has 1 amide bonds. The Morgan fingerprint density at radius 3 is 2.55 bits per heavy atom. The molecule has 2 aliphatic heterocycles. The van der Waals surface area contributed by atoms with Crippen LogP contribution in [-0.4, -0.2) is 29.4 Å². The second-order valence-corrected chi connectivity index (χ2v) is 8.37. The summed E-state index contributed by atoms with van der Waals surface area (Å²) >= 11 is 5.58. The lowest BCUT2D eigenvalue weighted by molar-refractivity contribution is -0.126. The summed E-state index contributed by atoms with van der Waals surface area (Å²) in [6.07, 6.45) is -0.0106. The van der Waals surface area contributed by atoms with Gasteiger partial charge in [0.1, 0.15) is 5.92 Å². The molecule has 6 nitrogen and oxygen atoms in total. The Morgan fingerprint density at radius 1 is 1.17 bits per heavy atom. The van der Waals surface area contributed by atoms with Crippen LogP contribution in [0.1, 0.15) is 23.6 Å². The maximum absolute atomic E-state index is 13.0. The van der Waals surface area contributed by atoms with Gasteiger partial charge in [-0.3, -0.25) is 10.1 Å². The van der Waals surface area contributed by atoms with Gasteiger partial charge in [0.25, 0.3) is 0 Å². The quantitative estimate of drug-likeness (QED) is 0.583. The lowest BCUT2D eigenvalue weighted by Crippen LogP contribution is -2.72. The number of nitrogens with two attached hydrogens (primary N) is 1. The Hall–Kier alpha value is -2.48. The van der Waals surface area contributed by atoms with E-state index in [4.69, 9.17) is 18.0 Å². The highest BCUT2D eigenvalue weighted by Gasteiger charge is 2.42. The largest absolute Gasteiger partial charge is 0.349 e. The van der Waals surface area contributed by atoms with Crippen LogP contribution in [0.5, 0.6) is 0 Å². The summed E-state index contributed by atoms with van der Waals surface area (Å²) in [5.74, 6) is -0.810. The average Bonchev–Trinajstić information content (AvgIpc) is 3.00. The molecule has 0 aromatic heterocycles. The number of aryl methyl sites for hydroxylation is 2. The number of rotatable bonds is 3. The third-order valence-corrected chi connectivity index (χ3v) is 6.18. The Balaban J connectivity index is 1.51. The van der Waals surface area contributed by atoms with E-state index in [-0.39, 0.29) is 18.2 Å². The van der Waals surface area contributed by atoms with Crippen molar-refractivity contribution in [3.8, 4) is 0 Å². The maximum Gasteiger partial charge on any atom is 0.235 e. The third kappa shape index (κ3) is 3.61. The first-order valence-corrected chi connectivity index (χ1v) is 10.3. The van der Waals surface area contributed by atoms with E-state index in [2.05, 4.69) is 39.9 Å². The molecule has 1 saturated heterocycles. The van der Waals surface area contributed by atoms with Gasteiger partial charge in [-0.2, -0.15) is 0 Å². The number of thiocarbonyl (C=S) groups is 1. The first-order chi connectivity index (χ1) is 13.9. The minimum Gasteiger partial charge on any atom is -0.349 e. The van der Waals surface area contributed by atoms with E-state index in [0.717, 1.165) is 28.9 Å². The van der Waals surface area contributed by atoms with Crippen LogP contribution in [0.3, 0.4) is 0 Å². The molecule has 0 saturated carbocycles. The molecule has 0 spiro atoms. The van der Waals surface area contributed by atoms with Crippen LogP contribution in [0.15, 0.2) is 42.5 Å². The van der Waals surface area contributed by atoms with Crippen molar-refractivity contribution in [2.75, 3.05) is 10.2 Å². The number of hydrogen-bond acceptors (Lipinski definition) is 5. The van der Waals surface area contributed by atoms with Crippen molar-refractivity contribution < 1.29 is 4.79 Å². The fourth-order valence-corrected chi connectivity index (χ4v) is 4.69. The topological polar surface area (TPSA) is 82.4 Å². The predicted octanol–water partition coefficient (Wildman–Crippen LogP) is 2.40. The summed E-state index contributed by atoms with van der Waals surface area (Å²) in [6.45, 7) is 6.18. The summed E-state index contributed by atoms with van der Waals surface area (Å²) in [5.41, 5.74) is 11.9. The van der Waals surface area contributed by atoms with Gasteiger partial charge in [-0.25, -0.2) is 0 Å². The smallest absolute Gasteiger partial charge is 0.235 e. The minimum atomic E-state index is -0.645. The van der Waals surface area contributed by atoms with Gasteiger partial charge in [0.15, 0.2) is 6.29 Å². The summed E-state index contributed by atoms with van der Waals surface area (Å²) in [5, 5.41) is 9.68. The van der Waals surface area contributed by atoms with E-state index in [1.54, 1.807) is 0 Å². The molecule has 29 heavy (non-hydrogen) atoms. The summed E-state index contributed by atoms with van der Waals surface area (Å²) in [7, 11) is 0. The molecular formula is C22H27N5OS. The SMILES string of the molecule is Cc1cccc(C)c1NC(=S)C1C(=O)NC(N2c3ccccc3CC2C)NC1N. The molecule has 2 aromatic rings. The normalized spacial score (nSPS) is 26.1. The molecule has 1 fully saturated rings. The number of amides is 1. The number of benzene rings is 2. The number of carbonyl (C=O) groups excluding carboxylic acids is 1. The fraction of sp³-hybridized carbons (Fsp3) is 0.364. The van der Waals surface area contributed by atoms with Crippen molar-refractivity contribution in [3.05, 3.63) is 59.2 Å². The van der Waals surface area contributed by atoms with Gasteiger partial charge < -0.3 is 21.3 Å². The Morgan fingerprint density at radius 2 is 1.86 bits per heavy atom. The number of hydrogen-bond donors (Lipinski definition) is 4. The zero-order valence-electron chi connectivity index (χ0n) is 16.9. The van der Waals surface area contributed by atoms with Crippen LogP contribution >= 0.6 is 12.2 Å². The second-order valence-electron chi connectivity index (χ2n) is 7.93. The molecule has 2 heterocycles. The Labute approximate surface area is 176 Å². The molecular weight excluding hydrogens is 382 g/mol. The minimum absolute atomic E-state index is 0.165. The van der Waals surface area contributed by atoms with Gasteiger partial charge in [0.2, 0.25) is 5.91 Å². The van der Waals surface area contributed by atoms with Crippen LogP contribution in [0, 0.1) is 19.8 Å². The number of fused-ring (bicyclic) bond motifs is 1. The molecule has 4 rings (SSSR count). The Kier molecular flexibility index (Phi) is 5.29. The first kappa shape index (κ1) is 19.8. The number of anilines is 2. The predicted molar refractivity (Wildman–Crippen MR) is 121 cm³/mol. The lowest BCUT2D eigenvalue weighted by atomic mass is 10.0. The molecule has 2 aliphatic rings. The van der Waals surface area contributed by atoms with Crippen LogP contribution < -0.4 is 26.6 Å². The van der Waals surface area contributed by atoms with Gasteiger partial charge in [-0.05, 0) is 49.9 Å². The number of nitrogens with zero attached hydrogens (tertiary/aromatic N) is 1. The standard InChI is InChI=1S/C22H27N5OS/c1-12-7-6-8-13(2)18(12)24-21(29)17-19(23)25-22(26-20(17)28)27-14(3)11-15-9-4-5-10-16(15)27/h4-10,14,17,19,22,25H,11,23H2,1-3H3,(H,24,29)(H,26,28). The monoisotopic (exact) mass is 409 g/mol. The van der Waals surface area contributed by atoms with Gasteiger partial charge in [0, 0.05) is 17.4 Å². The highest BCUT2D eigenvalue weighted by molar-refractivity contribution is 7.80. The van der Waals surface area contributed by atoms with Crippen molar-refractivity contribution in [2.24, 2.45) is 11.7 Å². The Bertz CT molecular complexity index is 942. The molecule has 4 unspecified atom stereocenters. The first-order valence-electron chi connectivity index (χ1n) is 9.92. The maximum atomic E-state index is 13.0. The van der Waals surface area contributed by atoms with Crippen molar-refractivity contribution >= 4 is 34.5 Å². The van der Waals surface area contributed by atoms with Gasteiger partial charge in [-0.1, -0.05) is 48.6 Å². The fourth-order valence-electron chi connectivity index (χ4n) is 4.34. The van der Waals surface area contributed by atoms with E-state index < -0.39 is 12.1 Å². The number of nitrogens with one attached hydrogen (secondary N) is 3. The molecule has 0 bridgehead atoms. The van der Waals surface area contributed by atoms with Crippen LogP contribution in [-0.2, 0) is 11.2 Å². The number of para-hydroxylation sites is 2. The van der Waals surface area contributed by atoms with Crippen molar-refractivity contribution in [1.82, 2.24) is 10.6 Å². The van der Waals surface area contributed by atoms with Crippen molar-refractivity contribution in [2.45, 2.75) is 45.7 Å². The van der Waals surface area contributed by atoms with Crippen LogP contribution in [0.4, 0.5) is 11.4 Å². The molecule has 0 aliphatic carbocycles. The highest BCUT2D eigenvalue weighted by Crippen LogP contribution is 2.33. The van der Waals surface area contributed by atoms with Crippen molar-refractivity contribution in [1.29, 1.82) is 0 Å². The molecule has 152 valence electrons. The van der Waals surface area contributed by atoms with Gasteiger partial charge >= 0.3 is 0 Å². The van der Waals surface area contributed by atoms with E-state index >= 15 is 0 Å². The lowest BCUT2D eigenvalue weighted by Gasteiger charge is -2.42. The molecule has 0 radical (unpaired) electrons. The molecule has 2 aromatic carbocycles. The van der Waals surface area contributed by atoms with E-state index in [1.165, 1.54) is 5.56 Å². The van der Waals surface area contributed by atoms with Crippen LogP contribution in [0.2, 0.25) is 0 Å². The van der Waals surface area contributed by atoms with Gasteiger partial charge in [-0.15, -0.1) is 0 Å².